The second-order valence-electron chi connectivity index (χ2n) is 11.3. The van der Waals surface area contributed by atoms with Crippen LogP contribution in [-0.4, -0.2) is 14.7 Å². The van der Waals surface area contributed by atoms with Crippen LogP contribution in [0, 0.1) is 6.92 Å². The summed E-state index contributed by atoms with van der Waals surface area (Å²) < 4.78 is 14.5. The van der Waals surface area contributed by atoms with Gasteiger partial charge in [-0.25, -0.2) is 4.98 Å². The standard InChI is InChI=1S/C30H36N2O3/c1-19-9-11-20(12-10-19)34-18-28-31-24-14-13-21(15-25(24)32(28)8)35-27-17-22(29(2,3)4)26(33)16-23(27)30(5,6)7/h9-17,33H,18H2,1-8H3. The van der Waals surface area contributed by atoms with Gasteiger partial charge in [-0.3, -0.25) is 0 Å². The molecule has 0 spiro atoms. The Hall–Kier alpha value is -3.47. The van der Waals surface area contributed by atoms with Crippen LogP contribution < -0.4 is 9.47 Å². The highest BCUT2D eigenvalue weighted by atomic mass is 16.5. The fourth-order valence-corrected chi connectivity index (χ4v) is 4.16. The van der Waals surface area contributed by atoms with Gasteiger partial charge in [-0.2, -0.15) is 0 Å². The molecule has 0 radical (unpaired) electrons. The van der Waals surface area contributed by atoms with Gasteiger partial charge in [0.05, 0.1) is 11.0 Å². The zero-order valence-electron chi connectivity index (χ0n) is 22.1. The van der Waals surface area contributed by atoms with E-state index in [2.05, 4.69) is 48.5 Å². The lowest BCUT2D eigenvalue weighted by Crippen LogP contribution is -2.16. The lowest BCUT2D eigenvalue weighted by Gasteiger charge is -2.27. The fraction of sp³-hybridized carbons (Fsp3) is 0.367. The summed E-state index contributed by atoms with van der Waals surface area (Å²) >= 11 is 0. The zero-order chi connectivity index (χ0) is 25.5. The summed E-state index contributed by atoms with van der Waals surface area (Å²) in [7, 11) is 1.99. The molecule has 0 fully saturated rings. The lowest BCUT2D eigenvalue weighted by atomic mass is 9.81. The van der Waals surface area contributed by atoms with E-state index in [1.807, 2.05) is 66.2 Å². The normalized spacial score (nSPS) is 12.2. The topological polar surface area (TPSA) is 56.5 Å². The van der Waals surface area contributed by atoms with Crippen LogP contribution in [0.2, 0.25) is 0 Å². The van der Waals surface area contributed by atoms with Crippen molar-refractivity contribution in [2.24, 2.45) is 7.05 Å². The summed E-state index contributed by atoms with van der Waals surface area (Å²) in [6.07, 6.45) is 0. The number of ether oxygens (including phenoxy) is 2. The van der Waals surface area contributed by atoms with E-state index in [-0.39, 0.29) is 10.8 Å². The third-order valence-corrected chi connectivity index (χ3v) is 6.28. The van der Waals surface area contributed by atoms with E-state index in [4.69, 9.17) is 14.5 Å². The van der Waals surface area contributed by atoms with Crippen LogP contribution in [0.5, 0.6) is 23.0 Å². The van der Waals surface area contributed by atoms with Crippen molar-refractivity contribution in [3.8, 4) is 23.0 Å². The van der Waals surface area contributed by atoms with Crippen molar-refractivity contribution in [1.29, 1.82) is 0 Å². The maximum atomic E-state index is 10.7. The summed E-state index contributed by atoms with van der Waals surface area (Å²) in [5, 5.41) is 10.7. The molecule has 0 aliphatic carbocycles. The van der Waals surface area contributed by atoms with Crippen molar-refractivity contribution in [3.63, 3.8) is 0 Å². The molecule has 0 bridgehead atoms. The van der Waals surface area contributed by atoms with Gasteiger partial charge in [0.25, 0.3) is 0 Å². The molecule has 0 saturated heterocycles. The Morgan fingerprint density at radius 1 is 0.829 bits per heavy atom. The molecule has 0 amide bonds. The number of phenolic OH excluding ortho intramolecular Hbond substituents is 1. The number of aromatic nitrogens is 2. The summed E-state index contributed by atoms with van der Waals surface area (Å²) in [6.45, 7) is 15.1. The smallest absolute Gasteiger partial charge is 0.147 e. The van der Waals surface area contributed by atoms with E-state index in [0.29, 0.717) is 12.4 Å². The Labute approximate surface area is 208 Å². The quantitative estimate of drug-likeness (QED) is 0.326. The average Bonchev–Trinajstić information content (AvgIpc) is 3.08. The number of hydrogen-bond acceptors (Lipinski definition) is 4. The maximum Gasteiger partial charge on any atom is 0.147 e. The molecule has 1 N–H and O–H groups in total. The number of aromatic hydroxyl groups is 1. The first-order valence-corrected chi connectivity index (χ1v) is 12.0. The van der Waals surface area contributed by atoms with Gasteiger partial charge >= 0.3 is 0 Å². The Morgan fingerprint density at radius 2 is 1.46 bits per heavy atom. The minimum absolute atomic E-state index is 0.194. The molecule has 184 valence electrons. The number of nitrogens with zero attached hydrogens (tertiary/aromatic N) is 2. The predicted molar refractivity (Wildman–Crippen MR) is 142 cm³/mol. The van der Waals surface area contributed by atoms with Gasteiger partial charge in [0.2, 0.25) is 0 Å². The van der Waals surface area contributed by atoms with Crippen molar-refractivity contribution < 1.29 is 14.6 Å². The molecule has 0 aliphatic heterocycles. The van der Waals surface area contributed by atoms with Crippen LogP contribution in [0.15, 0.2) is 54.6 Å². The summed E-state index contributed by atoms with van der Waals surface area (Å²) in [5.41, 5.74) is 4.47. The number of benzene rings is 3. The lowest BCUT2D eigenvalue weighted by molar-refractivity contribution is 0.292. The van der Waals surface area contributed by atoms with Crippen LogP contribution in [0.4, 0.5) is 0 Å². The van der Waals surface area contributed by atoms with Crippen LogP contribution in [0.3, 0.4) is 0 Å². The number of imidazole rings is 1. The Kier molecular flexibility index (Phi) is 6.31. The molecule has 1 aromatic heterocycles. The third-order valence-electron chi connectivity index (χ3n) is 6.28. The van der Waals surface area contributed by atoms with Crippen LogP contribution in [0.25, 0.3) is 11.0 Å². The van der Waals surface area contributed by atoms with E-state index in [9.17, 15) is 5.11 Å². The van der Waals surface area contributed by atoms with Gasteiger partial charge in [-0.05, 0) is 54.2 Å². The van der Waals surface area contributed by atoms with E-state index in [1.165, 1.54) is 5.56 Å². The molecule has 3 aromatic carbocycles. The maximum absolute atomic E-state index is 10.7. The molecule has 0 saturated carbocycles. The summed E-state index contributed by atoms with van der Waals surface area (Å²) in [5.74, 6) is 3.44. The third kappa shape index (κ3) is 5.29. The molecule has 35 heavy (non-hydrogen) atoms. The summed E-state index contributed by atoms with van der Waals surface area (Å²) in [6, 6.07) is 17.8. The average molecular weight is 473 g/mol. The van der Waals surface area contributed by atoms with Crippen molar-refractivity contribution >= 4 is 11.0 Å². The second-order valence-corrected chi connectivity index (χ2v) is 11.3. The monoisotopic (exact) mass is 472 g/mol. The van der Waals surface area contributed by atoms with Gasteiger partial charge in [-0.15, -0.1) is 0 Å². The van der Waals surface area contributed by atoms with E-state index >= 15 is 0 Å². The SMILES string of the molecule is Cc1ccc(OCc2nc3ccc(Oc4cc(C(C)(C)C)c(O)cc4C(C)(C)C)cc3n2C)cc1. The van der Waals surface area contributed by atoms with Crippen molar-refractivity contribution in [3.05, 3.63) is 77.1 Å². The first-order valence-electron chi connectivity index (χ1n) is 12.0. The molecular formula is C30H36N2O3. The molecule has 4 aromatic rings. The van der Waals surface area contributed by atoms with Crippen LogP contribution in [-0.2, 0) is 24.5 Å². The summed E-state index contributed by atoms with van der Waals surface area (Å²) in [4.78, 5) is 4.76. The highest BCUT2D eigenvalue weighted by Gasteiger charge is 2.26. The van der Waals surface area contributed by atoms with E-state index in [0.717, 1.165) is 45.2 Å². The highest BCUT2D eigenvalue weighted by Crippen LogP contribution is 2.42. The Bertz CT molecular complexity index is 1350. The number of fused-ring (bicyclic) bond motifs is 1. The van der Waals surface area contributed by atoms with Crippen LogP contribution >= 0.6 is 0 Å². The predicted octanol–water partition coefficient (Wildman–Crippen LogP) is 7.55. The minimum Gasteiger partial charge on any atom is -0.508 e. The Balaban J connectivity index is 1.66. The molecule has 0 atom stereocenters. The second kappa shape index (κ2) is 8.95. The number of phenols is 1. The molecular weight excluding hydrogens is 436 g/mol. The first-order chi connectivity index (χ1) is 16.3. The van der Waals surface area contributed by atoms with Gasteiger partial charge in [-0.1, -0.05) is 59.2 Å². The van der Waals surface area contributed by atoms with Gasteiger partial charge in [0, 0.05) is 24.2 Å². The van der Waals surface area contributed by atoms with E-state index in [1.54, 1.807) is 0 Å². The number of hydrogen-bond donors (Lipinski definition) is 1. The van der Waals surface area contributed by atoms with Crippen molar-refractivity contribution in [1.82, 2.24) is 9.55 Å². The zero-order valence-corrected chi connectivity index (χ0v) is 22.1. The van der Waals surface area contributed by atoms with Gasteiger partial charge in [0.15, 0.2) is 0 Å². The Morgan fingerprint density at radius 3 is 2.09 bits per heavy atom. The van der Waals surface area contributed by atoms with Crippen molar-refractivity contribution in [2.75, 3.05) is 0 Å². The minimum atomic E-state index is -0.211. The van der Waals surface area contributed by atoms with Gasteiger partial charge < -0.3 is 19.1 Å². The first kappa shape index (κ1) is 24.6. The molecule has 0 unspecified atom stereocenters. The largest absolute Gasteiger partial charge is 0.508 e. The number of rotatable bonds is 5. The molecule has 1 heterocycles. The molecule has 5 nitrogen and oxygen atoms in total. The highest BCUT2D eigenvalue weighted by molar-refractivity contribution is 5.78. The van der Waals surface area contributed by atoms with Crippen LogP contribution in [0.1, 0.15) is 64.1 Å². The fourth-order valence-electron chi connectivity index (χ4n) is 4.16. The van der Waals surface area contributed by atoms with E-state index < -0.39 is 0 Å². The molecule has 5 heteroatoms. The molecule has 4 rings (SSSR count). The molecule has 0 aliphatic rings. The van der Waals surface area contributed by atoms with Gasteiger partial charge in [0.1, 0.15) is 35.4 Å². The van der Waals surface area contributed by atoms with Crippen molar-refractivity contribution in [2.45, 2.75) is 65.9 Å². The number of aryl methyl sites for hydroxylation is 2.